The van der Waals surface area contributed by atoms with Crippen molar-refractivity contribution in [3.8, 4) is 0 Å². The molecule has 3 aliphatic rings. The lowest BCUT2D eigenvalue weighted by Gasteiger charge is -2.31. The van der Waals surface area contributed by atoms with Gasteiger partial charge in [-0.3, -0.25) is 4.79 Å². The molecule has 3 rings (SSSR count). The summed E-state index contributed by atoms with van der Waals surface area (Å²) in [6, 6.07) is 0. The molecule has 1 saturated heterocycles. The van der Waals surface area contributed by atoms with Crippen molar-refractivity contribution in [2.24, 2.45) is 23.2 Å². The molecule has 0 aromatic carbocycles. The minimum Gasteiger partial charge on any atom is -0.374 e. The van der Waals surface area contributed by atoms with E-state index < -0.39 is 0 Å². The Bertz CT molecular complexity index is 462. The van der Waals surface area contributed by atoms with Crippen LogP contribution in [0.3, 0.4) is 0 Å². The van der Waals surface area contributed by atoms with Crippen molar-refractivity contribution < 1.29 is 9.53 Å². The second kappa shape index (κ2) is 5.14. The Morgan fingerprint density at radius 3 is 3.00 bits per heavy atom. The maximum absolute atomic E-state index is 12.3. The van der Waals surface area contributed by atoms with E-state index in [1.54, 1.807) is 0 Å². The summed E-state index contributed by atoms with van der Waals surface area (Å²) >= 11 is 0. The number of fused-ring (bicyclic) bond motifs is 2. The van der Waals surface area contributed by atoms with Crippen molar-refractivity contribution in [1.82, 2.24) is 0 Å². The molecule has 0 unspecified atom stereocenters. The molecule has 1 aliphatic heterocycles. The fourth-order valence-electron chi connectivity index (χ4n) is 4.23. The Kier molecular flexibility index (Phi) is 3.62. The number of carbonyl (C=O) groups is 1. The molecule has 0 bridgehead atoms. The maximum Gasteiger partial charge on any atom is 0.143 e. The predicted molar refractivity (Wildman–Crippen MR) is 80.4 cm³/mol. The zero-order chi connectivity index (χ0) is 14.3. The van der Waals surface area contributed by atoms with Crippen LogP contribution in [0.1, 0.15) is 46.5 Å². The maximum atomic E-state index is 12.3. The molecule has 5 atom stereocenters. The number of Topliss-reactive ketones (excluding diaryl/α,β-unsaturated/α-hetero) is 1. The molecule has 0 aromatic rings. The van der Waals surface area contributed by atoms with Crippen LogP contribution in [0, 0.1) is 23.2 Å². The van der Waals surface area contributed by atoms with Gasteiger partial charge in [-0.1, -0.05) is 31.6 Å². The van der Waals surface area contributed by atoms with E-state index in [1.807, 2.05) is 0 Å². The summed E-state index contributed by atoms with van der Waals surface area (Å²) in [6.07, 6.45) is 11.3. The summed E-state index contributed by atoms with van der Waals surface area (Å²) in [5.74, 6) is 1.84. The molecular formula is C18H26O2. The van der Waals surface area contributed by atoms with Crippen LogP contribution in [0.5, 0.6) is 0 Å². The van der Waals surface area contributed by atoms with Crippen LogP contribution in [0.25, 0.3) is 0 Å². The number of hydrogen-bond acceptors (Lipinski definition) is 2. The lowest BCUT2D eigenvalue weighted by atomic mass is 9.71. The monoisotopic (exact) mass is 274 g/mol. The van der Waals surface area contributed by atoms with E-state index in [0.717, 1.165) is 19.4 Å². The van der Waals surface area contributed by atoms with Gasteiger partial charge >= 0.3 is 0 Å². The van der Waals surface area contributed by atoms with Gasteiger partial charge in [0.25, 0.3) is 0 Å². The number of ketones is 1. The van der Waals surface area contributed by atoms with Crippen molar-refractivity contribution in [3.05, 3.63) is 23.8 Å². The smallest absolute Gasteiger partial charge is 0.143 e. The average molecular weight is 274 g/mol. The summed E-state index contributed by atoms with van der Waals surface area (Å²) in [5.41, 5.74) is 1.19. The summed E-state index contributed by atoms with van der Waals surface area (Å²) < 4.78 is 5.91. The lowest BCUT2D eigenvalue weighted by molar-refractivity contribution is -0.123. The standard InChI is InChI=1S/C18H26O2/c1-4-5-13-8-9-18(3)14(6-7-17(18)19)10-15-12(2)20-11-16(13)15/h8-10,12-14,16H,4-7,11H2,1-3H3/b9-8-,15-10-/t12-,13+,14+,16+,18-/m1/s1. The van der Waals surface area contributed by atoms with E-state index in [9.17, 15) is 4.79 Å². The highest BCUT2D eigenvalue weighted by Crippen LogP contribution is 2.47. The Morgan fingerprint density at radius 1 is 1.45 bits per heavy atom. The summed E-state index contributed by atoms with van der Waals surface area (Å²) in [7, 11) is 0. The first-order chi connectivity index (χ1) is 9.56. The van der Waals surface area contributed by atoms with Crippen LogP contribution < -0.4 is 0 Å². The van der Waals surface area contributed by atoms with Crippen LogP contribution >= 0.6 is 0 Å². The largest absolute Gasteiger partial charge is 0.374 e. The first-order valence-electron chi connectivity index (χ1n) is 8.12. The number of ether oxygens (including phenoxy) is 1. The molecule has 2 aliphatic carbocycles. The average Bonchev–Trinajstić information content (AvgIpc) is 2.90. The fraction of sp³-hybridized carbons (Fsp3) is 0.722. The molecule has 0 aromatic heterocycles. The molecule has 2 heteroatoms. The first kappa shape index (κ1) is 14.1. The number of rotatable bonds is 2. The molecule has 2 fully saturated rings. The highest BCUT2D eigenvalue weighted by molar-refractivity contribution is 5.89. The third-order valence-corrected chi connectivity index (χ3v) is 5.70. The second-order valence-electron chi connectivity index (χ2n) is 6.91. The molecule has 1 heterocycles. The summed E-state index contributed by atoms with van der Waals surface area (Å²) in [6.45, 7) is 7.37. The Morgan fingerprint density at radius 2 is 2.25 bits per heavy atom. The molecule has 0 spiro atoms. The molecule has 0 N–H and O–H groups in total. The summed E-state index contributed by atoms with van der Waals surface area (Å²) in [5, 5.41) is 0. The Labute approximate surface area is 122 Å². The topological polar surface area (TPSA) is 26.3 Å². The zero-order valence-corrected chi connectivity index (χ0v) is 12.9. The molecule has 110 valence electrons. The number of carbonyl (C=O) groups excluding carboxylic acids is 1. The highest BCUT2D eigenvalue weighted by atomic mass is 16.5. The van der Waals surface area contributed by atoms with Crippen molar-refractivity contribution in [1.29, 1.82) is 0 Å². The SMILES string of the molecule is CCC[C@H]1/C=C\[C@@]2(C)C(=O)CC[C@H]2/C=C2\[C@H]1CO[C@@H]2C. The predicted octanol–water partition coefficient (Wildman–Crippen LogP) is 3.92. The molecular weight excluding hydrogens is 248 g/mol. The van der Waals surface area contributed by atoms with Gasteiger partial charge in [-0.05, 0) is 44.1 Å². The van der Waals surface area contributed by atoms with Gasteiger partial charge in [0, 0.05) is 12.3 Å². The number of allylic oxidation sites excluding steroid dienone is 3. The normalized spacial score (nSPS) is 48.0. The van der Waals surface area contributed by atoms with Crippen LogP contribution in [-0.2, 0) is 9.53 Å². The van der Waals surface area contributed by atoms with Crippen molar-refractivity contribution >= 4 is 5.78 Å². The van der Waals surface area contributed by atoms with Crippen LogP contribution in [0.15, 0.2) is 23.8 Å². The Hall–Kier alpha value is -0.890. The quantitative estimate of drug-likeness (QED) is 0.713. The fourth-order valence-corrected chi connectivity index (χ4v) is 4.23. The second-order valence-corrected chi connectivity index (χ2v) is 6.91. The molecule has 0 amide bonds. The van der Waals surface area contributed by atoms with Gasteiger partial charge in [0.2, 0.25) is 0 Å². The Balaban J connectivity index is 2.01. The summed E-state index contributed by atoms with van der Waals surface area (Å²) in [4.78, 5) is 12.3. The van der Waals surface area contributed by atoms with Crippen LogP contribution in [0.4, 0.5) is 0 Å². The minimum atomic E-state index is -0.272. The van der Waals surface area contributed by atoms with Gasteiger partial charge < -0.3 is 4.74 Å². The van der Waals surface area contributed by atoms with Gasteiger partial charge in [-0.25, -0.2) is 0 Å². The highest BCUT2D eigenvalue weighted by Gasteiger charge is 2.46. The van der Waals surface area contributed by atoms with Gasteiger partial charge in [0.05, 0.1) is 18.1 Å². The molecule has 20 heavy (non-hydrogen) atoms. The van der Waals surface area contributed by atoms with Crippen molar-refractivity contribution in [2.75, 3.05) is 6.61 Å². The zero-order valence-electron chi connectivity index (χ0n) is 12.9. The van der Waals surface area contributed by atoms with Gasteiger partial charge in [0.15, 0.2) is 0 Å². The van der Waals surface area contributed by atoms with Crippen LogP contribution in [-0.4, -0.2) is 18.5 Å². The third kappa shape index (κ3) is 2.09. The minimum absolute atomic E-state index is 0.228. The van der Waals surface area contributed by atoms with Crippen LogP contribution in [0.2, 0.25) is 0 Å². The third-order valence-electron chi connectivity index (χ3n) is 5.70. The molecule has 1 saturated carbocycles. The molecule has 2 nitrogen and oxygen atoms in total. The van der Waals surface area contributed by atoms with E-state index in [4.69, 9.17) is 4.74 Å². The van der Waals surface area contributed by atoms with E-state index >= 15 is 0 Å². The van der Waals surface area contributed by atoms with E-state index in [1.165, 1.54) is 18.4 Å². The number of hydrogen-bond donors (Lipinski definition) is 0. The van der Waals surface area contributed by atoms with Crippen molar-refractivity contribution in [3.63, 3.8) is 0 Å². The van der Waals surface area contributed by atoms with Gasteiger partial charge in [-0.2, -0.15) is 0 Å². The van der Waals surface area contributed by atoms with Crippen molar-refractivity contribution in [2.45, 2.75) is 52.6 Å². The van der Waals surface area contributed by atoms with E-state index in [-0.39, 0.29) is 11.5 Å². The van der Waals surface area contributed by atoms with E-state index in [2.05, 4.69) is 39.0 Å². The molecule has 0 radical (unpaired) electrons. The lowest BCUT2D eigenvalue weighted by Crippen LogP contribution is -2.29. The van der Waals surface area contributed by atoms with E-state index in [0.29, 0.717) is 23.5 Å². The van der Waals surface area contributed by atoms with Gasteiger partial charge in [-0.15, -0.1) is 0 Å². The van der Waals surface area contributed by atoms with Gasteiger partial charge in [0.1, 0.15) is 5.78 Å². The first-order valence-corrected chi connectivity index (χ1v) is 8.12.